The third kappa shape index (κ3) is 3.03. The Hall–Kier alpha value is -2.08. The molecule has 0 aliphatic carbocycles. The van der Waals surface area contributed by atoms with Crippen LogP contribution in [0.3, 0.4) is 0 Å². The fourth-order valence-electron chi connectivity index (χ4n) is 1.70. The topological polar surface area (TPSA) is 65.1 Å². The minimum absolute atomic E-state index is 0.0344. The van der Waals surface area contributed by atoms with Crippen LogP contribution in [0.15, 0.2) is 47.5 Å². The molecule has 0 fully saturated rings. The van der Waals surface area contributed by atoms with E-state index in [9.17, 15) is 14.9 Å². The molecule has 0 aliphatic heterocycles. The normalized spacial score (nSPS) is 10.4. The zero-order valence-corrected chi connectivity index (χ0v) is 11.1. The molecule has 2 rings (SSSR count). The number of hydrogen-bond acceptors (Lipinski definition) is 4. The number of ketones is 1. The van der Waals surface area contributed by atoms with Gasteiger partial charge in [0.2, 0.25) is 0 Å². The number of para-hydroxylation sites is 1. The SMILES string of the molecule is Cn1cccc1C(=O)CSc1ccccc1[N+](=O)[O-]. The van der Waals surface area contributed by atoms with Gasteiger partial charge in [0.25, 0.3) is 5.69 Å². The summed E-state index contributed by atoms with van der Waals surface area (Å²) >= 11 is 1.19. The molecule has 6 heteroatoms. The summed E-state index contributed by atoms with van der Waals surface area (Å²) < 4.78 is 1.74. The number of aryl methyl sites for hydroxylation is 1. The molecule has 2 aromatic rings. The predicted octanol–water partition coefficient (Wildman–Crippen LogP) is 2.91. The fourth-order valence-corrected chi connectivity index (χ4v) is 2.60. The molecular formula is C13H12N2O3S. The highest BCUT2D eigenvalue weighted by molar-refractivity contribution is 8.00. The lowest BCUT2D eigenvalue weighted by molar-refractivity contribution is -0.387. The molecule has 0 atom stereocenters. The van der Waals surface area contributed by atoms with E-state index in [0.717, 1.165) is 0 Å². The Morgan fingerprint density at radius 1 is 1.32 bits per heavy atom. The lowest BCUT2D eigenvalue weighted by atomic mass is 10.3. The maximum Gasteiger partial charge on any atom is 0.282 e. The van der Waals surface area contributed by atoms with Gasteiger partial charge in [-0.3, -0.25) is 14.9 Å². The van der Waals surface area contributed by atoms with E-state index in [1.54, 1.807) is 48.1 Å². The quantitative estimate of drug-likeness (QED) is 0.364. The number of nitrogens with zero attached hydrogens (tertiary/aromatic N) is 2. The average molecular weight is 276 g/mol. The summed E-state index contributed by atoms with van der Waals surface area (Å²) in [7, 11) is 1.79. The fraction of sp³-hybridized carbons (Fsp3) is 0.154. The highest BCUT2D eigenvalue weighted by Crippen LogP contribution is 2.29. The molecule has 0 bridgehead atoms. The van der Waals surface area contributed by atoms with Crippen LogP contribution in [0.4, 0.5) is 5.69 Å². The van der Waals surface area contributed by atoms with Gasteiger partial charge in [0.05, 0.1) is 21.3 Å². The van der Waals surface area contributed by atoms with Gasteiger partial charge in [-0.2, -0.15) is 0 Å². The van der Waals surface area contributed by atoms with E-state index in [0.29, 0.717) is 10.6 Å². The Kier molecular flexibility index (Phi) is 4.01. The predicted molar refractivity (Wildman–Crippen MR) is 73.6 cm³/mol. The van der Waals surface area contributed by atoms with Crippen LogP contribution in [0.5, 0.6) is 0 Å². The first kappa shape index (κ1) is 13.4. The molecule has 1 aromatic heterocycles. The number of aromatic nitrogens is 1. The number of carbonyl (C=O) groups is 1. The van der Waals surface area contributed by atoms with Crippen LogP contribution in [0, 0.1) is 10.1 Å². The first-order valence-electron chi connectivity index (χ1n) is 5.60. The number of nitro benzene ring substituents is 1. The van der Waals surface area contributed by atoms with Crippen LogP contribution >= 0.6 is 11.8 Å². The van der Waals surface area contributed by atoms with Gasteiger partial charge in [0.1, 0.15) is 0 Å². The molecule has 0 N–H and O–H groups in total. The van der Waals surface area contributed by atoms with E-state index in [1.165, 1.54) is 17.8 Å². The van der Waals surface area contributed by atoms with Gasteiger partial charge in [-0.05, 0) is 18.2 Å². The third-order valence-corrected chi connectivity index (χ3v) is 3.71. The van der Waals surface area contributed by atoms with Gasteiger partial charge < -0.3 is 4.57 Å². The Labute approximate surface area is 114 Å². The number of rotatable bonds is 5. The van der Waals surface area contributed by atoms with Crippen molar-refractivity contribution in [1.82, 2.24) is 4.57 Å². The number of nitro groups is 1. The zero-order valence-electron chi connectivity index (χ0n) is 10.3. The molecule has 98 valence electrons. The Morgan fingerprint density at radius 3 is 2.68 bits per heavy atom. The van der Waals surface area contributed by atoms with E-state index in [1.807, 2.05) is 0 Å². The summed E-state index contributed by atoms with van der Waals surface area (Å²) in [6.45, 7) is 0. The van der Waals surface area contributed by atoms with Gasteiger partial charge >= 0.3 is 0 Å². The monoisotopic (exact) mass is 276 g/mol. The van der Waals surface area contributed by atoms with Crippen LogP contribution in [0.25, 0.3) is 0 Å². The molecular weight excluding hydrogens is 264 g/mol. The van der Waals surface area contributed by atoms with Crippen molar-refractivity contribution in [1.29, 1.82) is 0 Å². The second kappa shape index (κ2) is 5.71. The molecule has 5 nitrogen and oxygen atoms in total. The molecule has 0 aliphatic rings. The van der Waals surface area contributed by atoms with Crippen molar-refractivity contribution < 1.29 is 9.72 Å². The molecule has 1 heterocycles. The van der Waals surface area contributed by atoms with Gasteiger partial charge in [-0.1, -0.05) is 12.1 Å². The molecule has 0 radical (unpaired) electrons. The highest BCUT2D eigenvalue weighted by atomic mass is 32.2. The van der Waals surface area contributed by atoms with Crippen molar-refractivity contribution in [3.63, 3.8) is 0 Å². The van der Waals surface area contributed by atoms with E-state index in [2.05, 4.69) is 0 Å². The number of benzene rings is 1. The summed E-state index contributed by atoms with van der Waals surface area (Å²) in [4.78, 5) is 22.9. The van der Waals surface area contributed by atoms with Crippen molar-refractivity contribution in [2.75, 3.05) is 5.75 Å². The number of thioether (sulfide) groups is 1. The molecule has 0 amide bonds. The van der Waals surface area contributed by atoms with Gasteiger partial charge in [0.15, 0.2) is 5.78 Å². The largest absolute Gasteiger partial charge is 0.348 e. The molecule has 1 aromatic carbocycles. The van der Waals surface area contributed by atoms with Gasteiger partial charge in [-0.25, -0.2) is 0 Å². The van der Waals surface area contributed by atoms with Crippen LogP contribution in [0.2, 0.25) is 0 Å². The first-order valence-corrected chi connectivity index (χ1v) is 6.59. The Morgan fingerprint density at radius 2 is 2.05 bits per heavy atom. The summed E-state index contributed by atoms with van der Waals surface area (Å²) in [5, 5.41) is 10.9. The van der Waals surface area contributed by atoms with Crippen LogP contribution in [-0.4, -0.2) is 21.0 Å². The second-order valence-electron chi connectivity index (χ2n) is 3.94. The van der Waals surface area contributed by atoms with Crippen molar-refractivity contribution in [2.45, 2.75) is 4.90 Å². The summed E-state index contributed by atoms with van der Waals surface area (Å²) in [5.74, 6) is 0.138. The summed E-state index contributed by atoms with van der Waals surface area (Å²) in [6.07, 6.45) is 1.79. The molecule has 0 spiro atoms. The molecule has 19 heavy (non-hydrogen) atoms. The van der Waals surface area contributed by atoms with Gasteiger partial charge in [-0.15, -0.1) is 11.8 Å². The summed E-state index contributed by atoms with van der Waals surface area (Å²) in [6, 6.07) is 9.96. The molecule has 0 unspecified atom stereocenters. The van der Waals surface area contributed by atoms with E-state index >= 15 is 0 Å². The second-order valence-corrected chi connectivity index (χ2v) is 4.96. The maximum atomic E-state index is 12.0. The lowest BCUT2D eigenvalue weighted by Gasteiger charge is -2.03. The zero-order chi connectivity index (χ0) is 13.8. The molecule has 0 saturated carbocycles. The number of hydrogen-bond donors (Lipinski definition) is 0. The van der Waals surface area contributed by atoms with E-state index in [4.69, 9.17) is 0 Å². The number of Topliss-reactive ketones (excluding diaryl/α,β-unsaturated/α-hetero) is 1. The van der Waals surface area contributed by atoms with Crippen LogP contribution in [-0.2, 0) is 7.05 Å². The van der Waals surface area contributed by atoms with Crippen molar-refractivity contribution in [3.05, 3.63) is 58.4 Å². The minimum atomic E-state index is -0.435. The summed E-state index contributed by atoms with van der Waals surface area (Å²) in [5.41, 5.74) is 0.637. The van der Waals surface area contributed by atoms with Crippen LogP contribution < -0.4 is 0 Å². The van der Waals surface area contributed by atoms with Crippen LogP contribution in [0.1, 0.15) is 10.5 Å². The first-order chi connectivity index (χ1) is 9.09. The average Bonchev–Trinajstić information content (AvgIpc) is 2.82. The molecule has 0 saturated heterocycles. The highest BCUT2D eigenvalue weighted by Gasteiger charge is 2.15. The van der Waals surface area contributed by atoms with Crippen molar-refractivity contribution >= 4 is 23.2 Å². The Bertz CT molecular complexity index is 622. The maximum absolute atomic E-state index is 12.0. The van der Waals surface area contributed by atoms with E-state index < -0.39 is 4.92 Å². The standard InChI is InChI=1S/C13H12N2O3S/c1-14-8-4-6-10(14)12(16)9-19-13-7-3-2-5-11(13)15(17)18/h2-8H,9H2,1H3. The minimum Gasteiger partial charge on any atom is -0.348 e. The van der Waals surface area contributed by atoms with Crippen molar-refractivity contribution in [3.8, 4) is 0 Å². The van der Waals surface area contributed by atoms with E-state index in [-0.39, 0.29) is 17.2 Å². The van der Waals surface area contributed by atoms with Gasteiger partial charge in [0, 0.05) is 19.3 Å². The third-order valence-electron chi connectivity index (χ3n) is 2.65. The Balaban J connectivity index is 2.10. The lowest BCUT2D eigenvalue weighted by Crippen LogP contribution is -2.07. The van der Waals surface area contributed by atoms with Crippen molar-refractivity contribution in [2.24, 2.45) is 7.05 Å². The smallest absolute Gasteiger partial charge is 0.282 e. The number of carbonyl (C=O) groups excluding carboxylic acids is 1.